The van der Waals surface area contributed by atoms with Gasteiger partial charge in [-0.1, -0.05) is 49.6 Å². The summed E-state index contributed by atoms with van der Waals surface area (Å²) in [5, 5.41) is 10.6. The Morgan fingerprint density at radius 3 is 2.70 bits per heavy atom. The van der Waals surface area contributed by atoms with E-state index in [9.17, 15) is 14.7 Å². The van der Waals surface area contributed by atoms with Crippen molar-refractivity contribution in [1.82, 2.24) is 0 Å². The van der Waals surface area contributed by atoms with Crippen LogP contribution < -0.4 is 0 Å². The first-order valence-electron chi connectivity index (χ1n) is 9.19. The second kappa shape index (κ2) is 8.41. The highest BCUT2D eigenvalue weighted by molar-refractivity contribution is 6.45. The molecule has 2 rings (SSSR count). The number of halogens is 1. The van der Waals surface area contributed by atoms with Crippen LogP contribution in [0.2, 0.25) is 0 Å². The van der Waals surface area contributed by atoms with Gasteiger partial charge < -0.3 is 14.6 Å². The number of rotatable bonds is 6. The summed E-state index contributed by atoms with van der Waals surface area (Å²) in [6.07, 6.45) is 10.2. The first kappa shape index (κ1) is 21.4. The molecule has 0 aromatic heterocycles. The molecule has 0 bridgehead atoms. The molecule has 1 aliphatic heterocycles. The van der Waals surface area contributed by atoms with E-state index in [0.29, 0.717) is 22.8 Å². The van der Waals surface area contributed by atoms with Crippen LogP contribution in [0.25, 0.3) is 0 Å². The molecule has 1 aliphatic carbocycles. The third-order valence-electron chi connectivity index (χ3n) is 5.06. The van der Waals surface area contributed by atoms with Crippen molar-refractivity contribution in [2.75, 3.05) is 0 Å². The minimum absolute atomic E-state index is 0.0351. The molecule has 2 aliphatic rings. The van der Waals surface area contributed by atoms with Gasteiger partial charge in [0.2, 0.25) is 5.78 Å². The molecule has 0 aromatic carbocycles. The van der Waals surface area contributed by atoms with Crippen LogP contribution in [0.5, 0.6) is 0 Å². The van der Waals surface area contributed by atoms with Crippen LogP contribution in [0.3, 0.4) is 0 Å². The Hall–Kier alpha value is -1.91. The van der Waals surface area contributed by atoms with Gasteiger partial charge in [0.1, 0.15) is 17.1 Å². The predicted octanol–water partition coefficient (Wildman–Crippen LogP) is 4.75. The molecule has 5 heteroatoms. The third kappa shape index (κ3) is 4.69. The molecule has 0 aromatic rings. The average molecular weight is 391 g/mol. The molecule has 0 spiro atoms. The molecule has 27 heavy (non-hydrogen) atoms. The van der Waals surface area contributed by atoms with Gasteiger partial charge in [-0.05, 0) is 38.8 Å². The maximum absolute atomic E-state index is 12.5. The SMILES string of the molecule is CCC(C)/C=C(C)/C=C/C1=CC2=C(Cl)C(=O)C(C)(O)C(CC(C)=O)C2=CO1. The second-order valence-electron chi connectivity index (χ2n) is 7.53. The predicted molar refractivity (Wildman–Crippen MR) is 107 cm³/mol. The van der Waals surface area contributed by atoms with Crippen molar-refractivity contribution < 1.29 is 19.4 Å². The van der Waals surface area contributed by atoms with Crippen molar-refractivity contribution >= 4 is 23.2 Å². The van der Waals surface area contributed by atoms with E-state index in [1.54, 1.807) is 6.08 Å². The first-order chi connectivity index (χ1) is 12.6. The summed E-state index contributed by atoms with van der Waals surface area (Å²) < 4.78 is 5.68. The van der Waals surface area contributed by atoms with Gasteiger partial charge in [0.25, 0.3) is 0 Å². The van der Waals surface area contributed by atoms with E-state index in [0.717, 1.165) is 12.0 Å². The lowest BCUT2D eigenvalue weighted by Gasteiger charge is -2.38. The lowest BCUT2D eigenvalue weighted by molar-refractivity contribution is -0.137. The van der Waals surface area contributed by atoms with Gasteiger partial charge in [0.05, 0.1) is 11.3 Å². The zero-order chi connectivity index (χ0) is 20.4. The molecule has 1 N–H and O–H groups in total. The number of ether oxygens (including phenoxy) is 1. The highest BCUT2D eigenvalue weighted by Gasteiger charge is 2.48. The first-order valence-corrected chi connectivity index (χ1v) is 9.57. The van der Waals surface area contributed by atoms with E-state index in [4.69, 9.17) is 16.3 Å². The Bertz CT molecular complexity index is 793. The van der Waals surface area contributed by atoms with Crippen LogP contribution in [0.15, 0.2) is 58.1 Å². The monoisotopic (exact) mass is 390 g/mol. The van der Waals surface area contributed by atoms with Crippen molar-refractivity contribution in [3.8, 4) is 0 Å². The topological polar surface area (TPSA) is 63.6 Å². The Morgan fingerprint density at radius 2 is 2.11 bits per heavy atom. The fraction of sp³-hybridized carbons (Fsp3) is 0.455. The average Bonchev–Trinajstić information content (AvgIpc) is 2.61. The quantitative estimate of drug-likeness (QED) is 0.664. The Balaban J connectivity index is 2.36. The lowest BCUT2D eigenvalue weighted by Crippen LogP contribution is -2.48. The summed E-state index contributed by atoms with van der Waals surface area (Å²) in [5.74, 6) is -0.345. The molecular weight excluding hydrogens is 364 g/mol. The van der Waals surface area contributed by atoms with E-state index in [2.05, 4.69) is 19.9 Å². The van der Waals surface area contributed by atoms with Crippen LogP contribution in [-0.2, 0) is 14.3 Å². The summed E-state index contributed by atoms with van der Waals surface area (Å²) >= 11 is 6.25. The molecular formula is C22H27ClO4. The molecule has 3 atom stereocenters. The van der Waals surface area contributed by atoms with Gasteiger partial charge >= 0.3 is 0 Å². The molecule has 4 nitrogen and oxygen atoms in total. The van der Waals surface area contributed by atoms with Crippen molar-refractivity contribution in [3.05, 3.63) is 58.1 Å². The van der Waals surface area contributed by atoms with E-state index >= 15 is 0 Å². The number of hydrogen-bond acceptors (Lipinski definition) is 4. The Kier molecular flexibility index (Phi) is 6.66. The van der Waals surface area contributed by atoms with E-state index in [1.807, 2.05) is 19.1 Å². The van der Waals surface area contributed by atoms with Crippen LogP contribution in [-0.4, -0.2) is 22.3 Å². The number of aliphatic hydroxyl groups is 1. The fourth-order valence-corrected chi connectivity index (χ4v) is 3.59. The van der Waals surface area contributed by atoms with Crippen molar-refractivity contribution in [2.24, 2.45) is 11.8 Å². The summed E-state index contributed by atoms with van der Waals surface area (Å²) in [5.41, 5.74) is 0.455. The van der Waals surface area contributed by atoms with Gasteiger partial charge in [-0.15, -0.1) is 0 Å². The molecule has 3 unspecified atom stereocenters. The molecule has 0 amide bonds. The number of carbonyl (C=O) groups is 2. The summed E-state index contributed by atoms with van der Waals surface area (Å²) in [6.45, 7) is 9.13. The summed E-state index contributed by atoms with van der Waals surface area (Å²) in [6, 6.07) is 0. The number of ketones is 2. The number of allylic oxidation sites excluding steroid dienone is 6. The number of hydrogen-bond donors (Lipinski definition) is 1. The summed E-state index contributed by atoms with van der Waals surface area (Å²) in [4.78, 5) is 24.2. The van der Waals surface area contributed by atoms with Crippen LogP contribution in [0.1, 0.15) is 47.5 Å². The van der Waals surface area contributed by atoms with Gasteiger partial charge in [-0.25, -0.2) is 0 Å². The minimum atomic E-state index is -1.74. The lowest BCUT2D eigenvalue weighted by atomic mass is 9.70. The van der Waals surface area contributed by atoms with Crippen molar-refractivity contribution in [3.63, 3.8) is 0 Å². The standard InChI is InChI=1S/C22H27ClO4/c1-6-13(2)9-14(3)7-8-16-11-17-18(12-27-16)19(10-15(4)24)22(5,26)21(25)20(17)23/h7-9,11-13,19,26H,6,10H2,1-5H3/b8-7+,14-9+. The number of carbonyl (C=O) groups excluding carboxylic acids is 2. The molecule has 146 valence electrons. The van der Waals surface area contributed by atoms with Crippen LogP contribution in [0.4, 0.5) is 0 Å². The fourth-order valence-electron chi connectivity index (χ4n) is 3.24. The molecule has 0 saturated heterocycles. The molecule has 1 heterocycles. The zero-order valence-corrected chi connectivity index (χ0v) is 17.3. The third-order valence-corrected chi connectivity index (χ3v) is 5.44. The molecule has 0 radical (unpaired) electrons. The Labute approximate surface area is 165 Å². The van der Waals surface area contributed by atoms with Gasteiger partial charge in [0.15, 0.2) is 0 Å². The minimum Gasteiger partial charge on any atom is -0.465 e. The Morgan fingerprint density at radius 1 is 1.44 bits per heavy atom. The highest BCUT2D eigenvalue weighted by Crippen LogP contribution is 2.44. The smallest absolute Gasteiger partial charge is 0.206 e. The van der Waals surface area contributed by atoms with Crippen LogP contribution in [0, 0.1) is 11.8 Å². The molecule has 0 fully saturated rings. The number of Topliss-reactive ketones (excluding diaryl/α,β-unsaturated/α-hetero) is 2. The van der Waals surface area contributed by atoms with Gasteiger partial charge in [-0.2, -0.15) is 0 Å². The normalized spacial score (nSPS) is 27.1. The van der Waals surface area contributed by atoms with Gasteiger partial charge in [0, 0.05) is 23.5 Å². The summed E-state index contributed by atoms with van der Waals surface area (Å²) in [7, 11) is 0. The number of fused-ring (bicyclic) bond motifs is 1. The van der Waals surface area contributed by atoms with E-state index in [1.165, 1.54) is 20.1 Å². The van der Waals surface area contributed by atoms with Crippen molar-refractivity contribution in [1.29, 1.82) is 0 Å². The zero-order valence-electron chi connectivity index (χ0n) is 16.5. The maximum Gasteiger partial charge on any atom is 0.206 e. The largest absolute Gasteiger partial charge is 0.465 e. The van der Waals surface area contributed by atoms with Crippen LogP contribution >= 0.6 is 11.6 Å². The van der Waals surface area contributed by atoms with Gasteiger partial charge in [-0.3, -0.25) is 4.79 Å². The van der Waals surface area contributed by atoms with E-state index in [-0.39, 0.29) is 17.2 Å². The second-order valence-corrected chi connectivity index (χ2v) is 7.91. The maximum atomic E-state index is 12.5. The highest BCUT2D eigenvalue weighted by atomic mass is 35.5. The molecule has 0 saturated carbocycles. The van der Waals surface area contributed by atoms with E-state index < -0.39 is 17.3 Å². The van der Waals surface area contributed by atoms with Crippen molar-refractivity contribution in [2.45, 2.75) is 53.1 Å².